The highest BCUT2D eigenvalue weighted by Gasteiger charge is 2.32. The van der Waals surface area contributed by atoms with Gasteiger partial charge in [-0.3, -0.25) is 4.79 Å². The van der Waals surface area contributed by atoms with Gasteiger partial charge in [0.05, 0.1) is 5.75 Å². The molecule has 0 saturated carbocycles. The lowest BCUT2D eigenvalue weighted by Gasteiger charge is -2.30. The van der Waals surface area contributed by atoms with Gasteiger partial charge in [0.25, 0.3) is 0 Å². The average molecular weight is 494 g/mol. The Kier molecular flexibility index (Phi) is 7.56. The second-order valence-corrected chi connectivity index (χ2v) is 11.0. The number of hydrogen-bond acceptors (Lipinski definition) is 4. The van der Waals surface area contributed by atoms with Crippen LogP contribution in [0.3, 0.4) is 0 Å². The molecule has 1 amide bonds. The summed E-state index contributed by atoms with van der Waals surface area (Å²) in [6, 6.07) is 12.5. The molecule has 4 rings (SSSR count). The molecule has 0 atom stereocenters. The molecule has 1 fully saturated rings. The van der Waals surface area contributed by atoms with Crippen molar-refractivity contribution in [2.24, 2.45) is 5.92 Å². The summed E-state index contributed by atoms with van der Waals surface area (Å²) < 4.78 is 40.9. The molecule has 0 bridgehead atoms. The number of piperidine rings is 1. The van der Waals surface area contributed by atoms with Crippen LogP contribution >= 0.6 is 11.6 Å². The van der Waals surface area contributed by atoms with E-state index in [0.29, 0.717) is 19.4 Å². The van der Waals surface area contributed by atoms with Crippen LogP contribution < -0.4 is 10.2 Å². The summed E-state index contributed by atoms with van der Waals surface area (Å²) in [7, 11) is -3.71. The van der Waals surface area contributed by atoms with Gasteiger partial charge in [0.2, 0.25) is 15.9 Å². The molecule has 2 aliphatic rings. The monoisotopic (exact) mass is 493 g/mol. The molecule has 33 heavy (non-hydrogen) atoms. The summed E-state index contributed by atoms with van der Waals surface area (Å²) >= 11 is 5.99. The Balaban J connectivity index is 1.20. The van der Waals surface area contributed by atoms with Gasteiger partial charge in [-0.1, -0.05) is 35.9 Å². The number of para-hydroxylation sites is 1. The standard InChI is InChI=1S/C24H29ClFN3O3S/c25-21-6-3-7-22(26)20(21)17-33(31,32)29-15-10-19(11-16-29)24(30)27-12-4-13-28-14-9-18-5-1-2-8-23(18)28/h1-3,5-8,19H,4,9-17H2,(H,27,30). The van der Waals surface area contributed by atoms with Gasteiger partial charge in [0.15, 0.2) is 0 Å². The molecule has 2 aromatic carbocycles. The first kappa shape index (κ1) is 24.0. The average Bonchev–Trinajstić information content (AvgIpc) is 3.22. The zero-order chi connectivity index (χ0) is 23.4. The van der Waals surface area contributed by atoms with Gasteiger partial charge < -0.3 is 10.2 Å². The van der Waals surface area contributed by atoms with Crippen LogP contribution in [0.5, 0.6) is 0 Å². The molecule has 6 nitrogen and oxygen atoms in total. The highest BCUT2D eigenvalue weighted by Crippen LogP contribution is 2.28. The van der Waals surface area contributed by atoms with Crippen LogP contribution in [0.25, 0.3) is 0 Å². The SMILES string of the molecule is O=C(NCCCN1CCc2ccccc21)C1CCN(S(=O)(=O)Cc2c(F)cccc2Cl)CC1. The number of nitrogens with zero attached hydrogens (tertiary/aromatic N) is 2. The van der Waals surface area contributed by atoms with Crippen molar-refractivity contribution in [2.75, 3.05) is 37.6 Å². The Bertz CT molecular complexity index is 1080. The lowest BCUT2D eigenvalue weighted by atomic mass is 9.97. The van der Waals surface area contributed by atoms with E-state index in [0.717, 1.165) is 25.9 Å². The Morgan fingerprint density at radius 2 is 1.85 bits per heavy atom. The van der Waals surface area contributed by atoms with Gasteiger partial charge in [0, 0.05) is 54.9 Å². The normalized spacial score (nSPS) is 17.2. The summed E-state index contributed by atoms with van der Waals surface area (Å²) in [5, 5.41) is 3.11. The van der Waals surface area contributed by atoms with E-state index in [1.165, 1.54) is 33.8 Å². The maximum Gasteiger partial charge on any atom is 0.223 e. The van der Waals surface area contributed by atoms with Crippen LogP contribution in [-0.2, 0) is 27.0 Å². The number of benzene rings is 2. The molecule has 0 aromatic heterocycles. The first-order chi connectivity index (χ1) is 15.8. The van der Waals surface area contributed by atoms with Gasteiger partial charge in [0.1, 0.15) is 5.82 Å². The van der Waals surface area contributed by atoms with Crippen molar-refractivity contribution in [1.29, 1.82) is 0 Å². The number of carbonyl (C=O) groups excluding carboxylic acids is 1. The van der Waals surface area contributed by atoms with E-state index >= 15 is 0 Å². The quantitative estimate of drug-likeness (QED) is 0.570. The van der Waals surface area contributed by atoms with Crippen molar-refractivity contribution in [3.63, 3.8) is 0 Å². The molecule has 2 aromatic rings. The minimum Gasteiger partial charge on any atom is -0.371 e. The second kappa shape index (κ2) is 10.4. The fraction of sp³-hybridized carbons (Fsp3) is 0.458. The highest BCUT2D eigenvalue weighted by atomic mass is 35.5. The third-order valence-electron chi connectivity index (χ3n) is 6.49. The number of fused-ring (bicyclic) bond motifs is 1. The molecule has 1 N–H and O–H groups in total. The van der Waals surface area contributed by atoms with Crippen LogP contribution in [0.15, 0.2) is 42.5 Å². The molecule has 9 heteroatoms. The minimum absolute atomic E-state index is 0.0142. The molecule has 2 heterocycles. The molecule has 1 saturated heterocycles. The molecule has 0 radical (unpaired) electrons. The fourth-order valence-electron chi connectivity index (χ4n) is 4.60. The van der Waals surface area contributed by atoms with Gasteiger partial charge in [-0.25, -0.2) is 17.1 Å². The number of sulfonamides is 1. The zero-order valence-corrected chi connectivity index (χ0v) is 20.0. The first-order valence-corrected chi connectivity index (χ1v) is 13.3. The topological polar surface area (TPSA) is 69.7 Å². The van der Waals surface area contributed by atoms with Crippen molar-refractivity contribution in [3.05, 3.63) is 64.4 Å². The van der Waals surface area contributed by atoms with Gasteiger partial charge in [-0.05, 0) is 49.4 Å². The lowest BCUT2D eigenvalue weighted by Crippen LogP contribution is -2.43. The number of carbonyl (C=O) groups is 1. The van der Waals surface area contributed by atoms with Crippen LogP contribution in [0.1, 0.15) is 30.4 Å². The summed E-state index contributed by atoms with van der Waals surface area (Å²) in [4.78, 5) is 14.9. The Morgan fingerprint density at radius 1 is 1.09 bits per heavy atom. The highest BCUT2D eigenvalue weighted by molar-refractivity contribution is 7.88. The number of rotatable bonds is 8. The number of anilines is 1. The second-order valence-electron chi connectivity index (χ2n) is 8.64. The first-order valence-electron chi connectivity index (χ1n) is 11.4. The molecule has 178 valence electrons. The van der Waals surface area contributed by atoms with Crippen molar-refractivity contribution >= 4 is 33.2 Å². The van der Waals surface area contributed by atoms with Crippen LogP contribution in [0, 0.1) is 11.7 Å². The number of amides is 1. The summed E-state index contributed by atoms with van der Waals surface area (Å²) in [6.45, 7) is 3.00. The molecular formula is C24H29ClFN3O3S. The Labute approximate surface area is 199 Å². The Hall–Kier alpha value is -2.16. The van der Waals surface area contributed by atoms with Crippen LogP contribution in [0.2, 0.25) is 5.02 Å². The molecule has 0 aliphatic carbocycles. The van der Waals surface area contributed by atoms with E-state index in [-0.39, 0.29) is 35.5 Å². The minimum atomic E-state index is -3.71. The van der Waals surface area contributed by atoms with Crippen molar-refractivity contribution < 1.29 is 17.6 Å². The van der Waals surface area contributed by atoms with Gasteiger partial charge in [-0.15, -0.1) is 0 Å². The number of nitrogens with one attached hydrogen (secondary N) is 1. The van der Waals surface area contributed by atoms with E-state index < -0.39 is 21.6 Å². The third kappa shape index (κ3) is 5.67. The van der Waals surface area contributed by atoms with Crippen molar-refractivity contribution in [2.45, 2.75) is 31.4 Å². The van der Waals surface area contributed by atoms with Gasteiger partial charge in [-0.2, -0.15) is 0 Å². The molecule has 0 spiro atoms. The number of hydrogen-bond donors (Lipinski definition) is 1. The third-order valence-corrected chi connectivity index (χ3v) is 8.65. The molecule has 0 unspecified atom stereocenters. The van der Waals surface area contributed by atoms with E-state index in [2.05, 4.69) is 34.5 Å². The van der Waals surface area contributed by atoms with E-state index in [4.69, 9.17) is 11.6 Å². The predicted molar refractivity (Wildman–Crippen MR) is 128 cm³/mol. The molecular weight excluding hydrogens is 465 g/mol. The zero-order valence-electron chi connectivity index (χ0n) is 18.5. The summed E-state index contributed by atoms with van der Waals surface area (Å²) in [5.41, 5.74) is 2.65. The smallest absolute Gasteiger partial charge is 0.223 e. The lowest BCUT2D eigenvalue weighted by molar-refractivity contribution is -0.126. The summed E-state index contributed by atoms with van der Waals surface area (Å²) in [6.07, 6.45) is 2.83. The number of halogens is 2. The predicted octanol–water partition coefficient (Wildman–Crippen LogP) is 3.59. The van der Waals surface area contributed by atoms with Gasteiger partial charge >= 0.3 is 0 Å². The maximum absolute atomic E-state index is 14.0. The van der Waals surface area contributed by atoms with Crippen LogP contribution in [0.4, 0.5) is 10.1 Å². The molecule has 2 aliphatic heterocycles. The fourth-order valence-corrected chi connectivity index (χ4v) is 6.52. The van der Waals surface area contributed by atoms with E-state index in [9.17, 15) is 17.6 Å². The largest absolute Gasteiger partial charge is 0.371 e. The Morgan fingerprint density at radius 3 is 2.61 bits per heavy atom. The van der Waals surface area contributed by atoms with Crippen molar-refractivity contribution in [3.8, 4) is 0 Å². The van der Waals surface area contributed by atoms with E-state index in [1.807, 2.05) is 0 Å². The van der Waals surface area contributed by atoms with E-state index in [1.54, 1.807) is 0 Å². The van der Waals surface area contributed by atoms with Crippen molar-refractivity contribution in [1.82, 2.24) is 9.62 Å². The van der Waals surface area contributed by atoms with Crippen LogP contribution in [-0.4, -0.2) is 51.4 Å². The summed E-state index contributed by atoms with van der Waals surface area (Å²) in [5.74, 6) is -1.33. The maximum atomic E-state index is 14.0.